The number of carbonyl (C=O) groups excluding carboxylic acids is 1. The van der Waals surface area contributed by atoms with Crippen LogP contribution in [0.15, 0.2) is 94.7 Å². The zero-order chi connectivity index (χ0) is 29.9. The number of hydrogen-bond acceptors (Lipinski definition) is 5. The van der Waals surface area contributed by atoms with Gasteiger partial charge in [-0.15, -0.1) is 0 Å². The molecule has 0 aliphatic carbocycles. The molecule has 0 atom stereocenters. The summed E-state index contributed by atoms with van der Waals surface area (Å²) in [7, 11) is -7.99. The molecule has 8 nitrogen and oxygen atoms in total. The lowest BCUT2D eigenvalue weighted by Gasteiger charge is -2.26. The fraction of sp³-hybridized carbons (Fsp3) is 0.167. The van der Waals surface area contributed by atoms with Crippen molar-refractivity contribution in [1.29, 1.82) is 0 Å². The largest absolute Gasteiger partial charge is 0.325 e. The second-order valence-electron chi connectivity index (χ2n) is 9.75. The lowest BCUT2D eigenvalue weighted by atomic mass is 10.1. The number of rotatable bonds is 9. The van der Waals surface area contributed by atoms with E-state index < -0.39 is 32.5 Å². The molecule has 0 heterocycles. The Morgan fingerprint density at radius 3 is 1.98 bits per heavy atom. The molecule has 0 bridgehead atoms. The Labute approximate surface area is 246 Å². The average molecular weight is 612 g/mol. The Morgan fingerprint density at radius 1 is 0.732 bits per heavy atom. The molecule has 0 spiro atoms. The molecule has 0 aliphatic heterocycles. The summed E-state index contributed by atoms with van der Waals surface area (Å²) in [5.74, 6) is -0.612. The van der Waals surface area contributed by atoms with Gasteiger partial charge in [0.25, 0.3) is 20.0 Å². The van der Waals surface area contributed by atoms with Gasteiger partial charge in [-0.25, -0.2) is 16.8 Å². The molecule has 0 fully saturated rings. The summed E-state index contributed by atoms with van der Waals surface area (Å²) < 4.78 is 56.8. The predicted octanol–water partition coefficient (Wildman–Crippen LogP) is 6.21. The molecule has 11 heteroatoms. The lowest BCUT2D eigenvalue weighted by molar-refractivity contribution is -0.114. The first-order valence-electron chi connectivity index (χ1n) is 12.6. The summed E-state index contributed by atoms with van der Waals surface area (Å²) >= 11 is 6.09. The van der Waals surface area contributed by atoms with Crippen molar-refractivity contribution in [2.75, 3.05) is 20.9 Å². The van der Waals surface area contributed by atoms with Crippen LogP contribution in [-0.2, 0) is 24.8 Å². The van der Waals surface area contributed by atoms with E-state index in [4.69, 9.17) is 11.6 Å². The SMILES string of the molecule is Cc1ccc(S(=O)(=O)N(CC(=O)Nc2ccc(S(=O)(=O)Nc3cc(C)ccc3C)cc2)c2ccc(Cl)cc2C)cc1. The van der Waals surface area contributed by atoms with Crippen LogP contribution in [0.2, 0.25) is 5.02 Å². The van der Waals surface area contributed by atoms with E-state index >= 15 is 0 Å². The maximum atomic E-state index is 13.7. The molecule has 4 aromatic carbocycles. The normalized spacial score (nSPS) is 11.6. The van der Waals surface area contributed by atoms with Crippen LogP contribution in [-0.4, -0.2) is 29.3 Å². The number of halogens is 1. The minimum absolute atomic E-state index is 0.0109. The third-order valence-electron chi connectivity index (χ3n) is 6.41. The van der Waals surface area contributed by atoms with Crippen molar-refractivity contribution >= 4 is 54.6 Å². The first-order chi connectivity index (χ1) is 19.3. The van der Waals surface area contributed by atoms with Gasteiger partial charge in [-0.1, -0.05) is 41.4 Å². The average Bonchev–Trinajstić information content (AvgIpc) is 2.90. The molecule has 0 unspecified atom stereocenters. The van der Waals surface area contributed by atoms with Crippen molar-refractivity contribution in [1.82, 2.24) is 0 Å². The Bertz CT molecular complexity index is 1810. The highest BCUT2D eigenvalue weighted by Crippen LogP contribution is 2.29. The lowest BCUT2D eigenvalue weighted by Crippen LogP contribution is -2.38. The predicted molar refractivity (Wildman–Crippen MR) is 164 cm³/mol. The first kappa shape index (κ1) is 30.1. The van der Waals surface area contributed by atoms with Gasteiger partial charge >= 0.3 is 0 Å². The van der Waals surface area contributed by atoms with Crippen LogP contribution in [0.1, 0.15) is 22.3 Å². The van der Waals surface area contributed by atoms with E-state index in [1.165, 1.54) is 36.4 Å². The molecule has 2 N–H and O–H groups in total. The molecule has 0 aliphatic rings. The fourth-order valence-corrected chi connectivity index (χ4v) is 6.97. The Hall–Kier alpha value is -3.86. The number of anilines is 3. The fourth-order valence-electron chi connectivity index (χ4n) is 4.13. The second-order valence-corrected chi connectivity index (χ2v) is 13.7. The summed E-state index contributed by atoms with van der Waals surface area (Å²) in [6.07, 6.45) is 0. The number of nitrogens with zero attached hydrogens (tertiary/aromatic N) is 1. The van der Waals surface area contributed by atoms with Crippen LogP contribution in [0.25, 0.3) is 0 Å². The molecule has 0 radical (unpaired) electrons. The van der Waals surface area contributed by atoms with Gasteiger partial charge in [-0.3, -0.25) is 13.8 Å². The zero-order valence-electron chi connectivity index (χ0n) is 23.0. The van der Waals surface area contributed by atoms with Gasteiger partial charge in [0.1, 0.15) is 6.54 Å². The molecular weight excluding hydrogens is 582 g/mol. The third-order valence-corrected chi connectivity index (χ3v) is 9.80. The standard InChI is InChI=1S/C30H30ClN3O5S2/c1-20-6-12-27(13-7-20)41(38,39)34(29-16-9-24(31)18-23(29)4)19-30(35)32-25-10-14-26(15-11-25)40(36,37)33-28-17-21(2)5-8-22(28)3/h5-18,33H,19H2,1-4H3,(H,32,35). The molecular formula is C30H30ClN3O5S2. The molecule has 214 valence electrons. The molecule has 4 aromatic rings. The van der Waals surface area contributed by atoms with Crippen LogP contribution in [0.4, 0.5) is 17.1 Å². The quantitative estimate of drug-likeness (QED) is 0.234. The second kappa shape index (κ2) is 11.9. The van der Waals surface area contributed by atoms with E-state index in [1.807, 2.05) is 32.9 Å². The summed E-state index contributed by atoms with van der Waals surface area (Å²) in [6.45, 7) is 6.72. The zero-order valence-corrected chi connectivity index (χ0v) is 25.4. The van der Waals surface area contributed by atoms with Crippen molar-refractivity contribution in [3.05, 3.63) is 112 Å². The number of sulfonamides is 2. The molecule has 0 aromatic heterocycles. The molecule has 0 saturated carbocycles. The number of aryl methyl sites for hydroxylation is 4. The highest BCUT2D eigenvalue weighted by Gasteiger charge is 2.28. The Kier molecular flexibility index (Phi) is 8.77. The van der Waals surface area contributed by atoms with Gasteiger partial charge in [-0.2, -0.15) is 0 Å². The number of hydrogen-bond donors (Lipinski definition) is 2. The van der Waals surface area contributed by atoms with Crippen LogP contribution in [0.3, 0.4) is 0 Å². The van der Waals surface area contributed by atoms with Crippen LogP contribution < -0.4 is 14.3 Å². The molecule has 4 rings (SSSR count). The Morgan fingerprint density at radius 2 is 1.34 bits per heavy atom. The topological polar surface area (TPSA) is 113 Å². The van der Waals surface area contributed by atoms with Gasteiger partial charge < -0.3 is 5.32 Å². The van der Waals surface area contributed by atoms with Gasteiger partial charge in [-0.05, 0) is 105 Å². The monoisotopic (exact) mass is 611 g/mol. The van der Waals surface area contributed by atoms with Crippen molar-refractivity contribution in [3.8, 4) is 0 Å². The van der Waals surface area contributed by atoms with Crippen LogP contribution in [0, 0.1) is 27.7 Å². The molecule has 41 heavy (non-hydrogen) atoms. The summed E-state index contributed by atoms with van der Waals surface area (Å²) in [5.41, 5.74) is 4.26. The van der Waals surface area contributed by atoms with E-state index in [1.54, 1.807) is 43.3 Å². The van der Waals surface area contributed by atoms with Gasteiger partial charge in [0.2, 0.25) is 5.91 Å². The van der Waals surface area contributed by atoms with Crippen molar-refractivity contribution < 1.29 is 21.6 Å². The van der Waals surface area contributed by atoms with E-state index in [2.05, 4.69) is 10.0 Å². The highest BCUT2D eigenvalue weighted by molar-refractivity contribution is 7.93. The van der Waals surface area contributed by atoms with Crippen LogP contribution in [0.5, 0.6) is 0 Å². The number of nitrogens with one attached hydrogen (secondary N) is 2. The van der Waals surface area contributed by atoms with Crippen molar-refractivity contribution in [3.63, 3.8) is 0 Å². The Balaban J connectivity index is 1.56. The smallest absolute Gasteiger partial charge is 0.264 e. The minimum Gasteiger partial charge on any atom is -0.325 e. The van der Waals surface area contributed by atoms with Crippen molar-refractivity contribution in [2.45, 2.75) is 37.5 Å². The summed E-state index contributed by atoms with van der Waals surface area (Å²) in [5, 5.41) is 3.10. The number of carbonyl (C=O) groups is 1. The van der Waals surface area contributed by atoms with Gasteiger partial charge in [0.05, 0.1) is 21.2 Å². The van der Waals surface area contributed by atoms with E-state index in [0.717, 1.165) is 21.0 Å². The minimum atomic E-state index is -4.11. The van der Waals surface area contributed by atoms with Crippen molar-refractivity contribution in [2.24, 2.45) is 0 Å². The van der Waals surface area contributed by atoms with Gasteiger partial charge in [0, 0.05) is 10.7 Å². The van der Waals surface area contributed by atoms with E-state index in [0.29, 0.717) is 27.6 Å². The maximum Gasteiger partial charge on any atom is 0.264 e. The molecule has 0 saturated heterocycles. The van der Waals surface area contributed by atoms with E-state index in [-0.39, 0.29) is 9.79 Å². The molecule has 1 amide bonds. The first-order valence-corrected chi connectivity index (χ1v) is 15.9. The number of amides is 1. The summed E-state index contributed by atoms with van der Waals surface area (Å²) in [6, 6.07) is 22.2. The third kappa shape index (κ3) is 7.08. The highest BCUT2D eigenvalue weighted by atomic mass is 35.5. The number of benzene rings is 4. The van der Waals surface area contributed by atoms with E-state index in [9.17, 15) is 21.6 Å². The van der Waals surface area contributed by atoms with Gasteiger partial charge in [0.15, 0.2) is 0 Å². The maximum absolute atomic E-state index is 13.7. The van der Waals surface area contributed by atoms with Crippen LogP contribution >= 0.6 is 11.6 Å². The summed E-state index contributed by atoms with van der Waals surface area (Å²) in [4.78, 5) is 13.2.